The van der Waals surface area contributed by atoms with Crippen molar-refractivity contribution in [1.29, 1.82) is 0 Å². The zero-order chi connectivity index (χ0) is 47.8. The summed E-state index contributed by atoms with van der Waals surface area (Å²) < 4.78 is 23.2. The zero-order valence-corrected chi connectivity index (χ0v) is 44.6. The molecule has 0 aromatic rings. The molecule has 384 valence electrons. The fourth-order valence-electron chi connectivity index (χ4n) is 8.22. The summed E-state index contributed by atoms with van der Waals surface area (Å²) in [5, 5.41) is 13.8. The molecule has 0 radical (unpaired) electrons. The van der Waals surface area contributed by atoms with Gasteiger partial charge in [-0.3, -0.25) is 9.36 Å². The fraction of sp³-hybridized carbons (Fsp3) is 0.875. The minimum absolute atomic E-state index is 0.0130. The number of unbranched alkanes of at least 4 members (excludes halogenated alkanes) is 32. The van der Waals surface area contributed by atoms with Crippen molar-refractivity contribution >= 4 is 13.7 Å². The number of rotatable bonds is 51. The molecule has 0 aromatic carbocycles. The number of quaternary nitrogens is 1. The van der Waals surface area contributed by atoms with Crippen LogP contribution in [-0.2, 0) is 18.4 Å². The second-order valence-electron chi connectivity index (χ2n) is 20.3. The number of phosphoric acid groups is 1. The highest BCUT2D eigenvalue weighted by molar-refractivity contribution is 7.45. The lowest BCUT2D eigenvalue weighted by molar-refractivity contribution is -0.870. The quantitative estimate of drug-likeness (QED) is 0.0272. The molecule has 0 fully saturated rings. The standard InChI is InChI=1S/C56H109N2O6P/c1-6-8-10-12-14-15-16-17-18-19-20-21-22-23-24-25-26-27-28-29-30-31-32-33-34-35-36-37-38-39-40-41-42-43-44-46-48-50-56(60)57-54(55(59)49-47-45-13-11-9-7-2)53-64-65(61,62)63-52-51-58(3,4)5/h16-17,19-20,22-23,54-55,59H,6-15,18,21,24-53H2,1-5H3,(H-,57,60,61,62)/b17-16-,20-19-,23-22-. The van der Waals surface area contributed by atoms with E-state index in [2.05, 4.69) is 55.6 Å². The van der Waals surface area contributed by atoms with E-state index in [9.17, 15) is 19.4 Å². The summed E-state index contributed by atoms with van der Waals surface area (Å²) in [7, 11) is 1.31. The van der Waals surface area contributed by atoms with Gasteiger partial charge in [-0.05, 0) is 51.4 Å². The van der Waals surface area contributed by atoms with Gasteiger partial charge in [0, 0.05) is 6.42 Å². The highest BCUT2D eigenvalue weighted by Gasteiger charge is 2.24. The number of nitrogens with zero attached hydrogens (tertiary/aromatic N) is 1. The Morgan fingerprint density at radius 2 is 0.892 bits per heavy atom. The van der Waals surface area contributed by atoms with Gasteiger partial charge < -0.3 is 28.8 Å². The molecule has 0 aliphatic rings. The molecule has 0 spiro atoms. The molecule has 3 unspecified atom stereocenters. The van der Waals surface area contributed by atoms with Crippen LogP contribution in [0.15, 0.2) is 36.5 Å². The van der Waals surface area contributed by atoms with Crippen molar-refractivity contribution in [2.45, 2.75) is 276 Å². The summed E-state index contributed by atoms with van der Waals surface area (Å²) in [6.45, 7) is 4.65. The average molecular weight is 937 g/mol. The first kappa shape index (κ1) is 63.7. The van der Waals surface area contributed by atoms with Gasteiger partial charge in [0.2, 0.25) is 5.91 Å². The van der Waals surface area contributed by atoms with Crippen LogP contribution in [-0.4, -0.2) is 68.5 Å². The number of aliphatic hydroxyl groups is 1. The highest BCUT2D eigenvalue weighted by atomic mass is 31.2. The Bertz CT molecular complexity index is 1150. The smallest absolute Gasteiger partial charge is 0.268 e. The van der Waals surface area contributed by atoms with E-state index < -0.39 is 20.0 Å². The maximum Gasteiger partial charge on any atom is 0.268 e. The summed E-state index contributed by atoms with van der Waals surface area (Å²) in [4.78, 5) is 25.2. The lowest BCUT2D eigenvalue weighted by atomic mass is 10.0. The van der Waals surface area contributed by atoms with Crippen molar-refractivity contribution in [2.75, 3.05) is 40.9 Å². The Morgan fingerprint density at radius 1 is 0.538 bits per heavy atom. The number of phosphoric ester groups is 1. The number of carbonyl (C=O) groups excluding carboxylic acids is 1. The molecule has 65 heavy (non-hydrogen) atoms. The molecule has 0 heterocycles. The fourth-order valence-corrected chi connectivity index (χ4v) is 8.95. The third kappa shape index (κ3) is 50.4. The number of hydrogen-bond acceptors (Lipinski definition) is 6. The number of likely N-dealkylation sites (N-methyl/N-ethyl adjacent to an activating group) is 1. The van der Waals surface area contributed by atoms with E-state index in [-0.39, 0.29) is 19.1 Å². The van der Waals surface area contributed by atoms with Crippen LogP contribution in [0, 0.1) is 0 Å². The van der Waals surface area contributed by atoms with Gasteiger partial charge in [0.1, 0.15) is 13.2 Å². The van der Waals surface area contributed by atoms with Crippen molar-refractivity contribution in [3.05, 3.63) is 36.5 Å². The third-order valence-corrected chi connectivity index (χ3v) is 13.6. The van der Waals surface area contributed by atoms with Crippen molar-refractivity contribution in [3.63, 3.8) is 0 Å². The summed E-state index contributed by atoms with van der Waals surface area (Å²) >= 11 is 0. The van der Waals surface area contributed by atoms with Crippen LogP contribution in [0.1, 0.15) is 264 Å². The van der Waals surface area contributed by atoms with Gasteiger partial charge in [-0.25, -0.2) is 0 Å². The Morgan fingerprint density at radius 3 is 1.29 bits per heavy atom. The largest absolute Gasteiger partial charge is 0.756 e. The van der Waals surface area contributed by atoms with Gasteiger partial charge in [0.25, 0.3) is 7.82 Å². The Balaban J connectivity index is 3.75. The molecular formula is C56H109N2O6P. The minimum atomic E-state index is -4.55. The van der Waals surface area contributed by atoms with E-state index >= 15 is 0 Å². The van der Waals surface area contributed by atoms with Crippen LogP contribution in [0.2, 0.25) is 0 Å². The van der Waals surface area contributed by atoms with E-state index in [4.69, 9.17) is 9.05 Å². The number of nitrogens with one attached hydrogen (secondary N) is 1. The number of carbonyl (C=O) groups is 1. The van der Waals surface area contributed by atoms with E-state index in [0.717, 1.165) is 51.4 Å². The first-order chi connectivity index (χ1) is 31.5. The molecule has 0 aliphatic heterocycles. The van der Waals surface area contributed by atoms with Gasteiger partial charge in [0.05, 0.1) is 39.9 Å². The molecule has 0 bridgehead atoms. The lowest BCUT2D eigenvalue weighted by Gasteiger charge is -2.30. The predicted molar refractivity (Wildman–Crippen MR) is 279 cm³/mol. The molecule has 3 atom stereocenters. The molecule has 1 amide bonds. The van der Waals surface area contributed by atoms with Gasteiger partial charge in [-0.2, -0.15) is 0 Å². The second kappa shape index (κ2) is 47.8. The van der Waals surface area contributed by atoms with Crippen molar-refractivity contribution in [3.8, 4) is 0 Å². The Labute approximate surface area is 404 Å². The number of hydrogen-bond donors (Lipinski definition) is 2. The first-order valence-corrected chi connectivity index (χ1v) is 29.3. The molecule has 9 heteroatoms. The van der Waals surface area contributed by atoms with Crippen molar-refractivity contribution in [1.82, 2.24) is 5.32 Å². The molecular weight excluding hydrogens is 828 g/mol. The summed E-state index contributed by atoms with van der Waals surface area (Å²) in [5.74, 6) is -0.167. The van der Waals surface area contributed by atoms with Gasteiger partial charge in [-0.15, -0.1) is 0 Å². The number of allylic oxidation sites excluding steroid dienone is 6. The second-order valence-corrected chi connectivity index (χ2v) is 21.7. The molecule has 0 aromatic heterocycles. The molecule has 0 rings (SSSR count). The Kier molecular flexibility index (Phi) is 46.8. The monoisotopic (exact) mass is 937 g/mol. The van der Waals surface area contributed by atoms with Crippen molar-refractivity contribution in [2.24, 2.45) is 0 Å². The highest BCUT2D eigenvalue weighted by Crippen LogP contribution is 2.38. The van der Waals surface area contributed by atoms with Gasteiger partial charge in [-0.1, -0.05) is 243 Å². The average Bonchev–Trinajstić information content (AvgIpc) is 3.26. The third-order valence-electron chi connectivity index (χ3n) is 12.6. The van der Waals surface area contributed by atoms with Crippen LogP contribution in [0.25, 0.3) is 0 Å². The minimum Gasteiger partial charge on any atom is -0.756 e. The Hall–Kier alpha value is -1.28. The maximum atomic E-state index is 12.8. The lowest BCUT2D eigenvalue weighted by Crippen LogP contribution is -2.46. The van der Waals surface area contributed by atoms with Crippen molar-refractivity contribution < 1.29 is 32.9 Å². The van der Waals surface area contributed by atoms with Crippen LogP contribution >= 0.6 is 7.82 Å². The number of aliphatic hydroxyl groups excluding tert-OH is 1. The predicted octanol–water partition coefficient (Wildman–Crippen LogP) is 16.0. The van der Waals surface area contributed by atoms with Crippen LogP contribution < -0.4 is 10.2 Å². The molecule has 0 saturated carbocycles. The van der Waals surface area contributed by atoms with Crippen LogP contribution in [0.4, 0.5) is 0 Å². The number of amides is 1. The summed E-state index contributed by atoms with van der Waals surface area (Å²) in [6.07, 6.45) is 60.9. The SMILES string of the molecule is CCCCCCC/C=C\C/C=C\C/C=C\CCCCCCCCCCCCCCCCCCCCCCCCC(=O)NC(COP(=O)([O-])OCC[N+](C)(C)C)C(O)CCCCCCCC. The zero-order valence-electron chi connectivity index (χ0n) is 43.7. The van der Waals surface area contributed by atoms with E-state index in [1.807, 2.05) is 21.1 Å². The van der Waals surface area contributed by atoms with Crippen LogP contribution in [0.3, 0.4) is 0 Å². The van der Waals surface area contributed by atoms with Gasteiger partial charge in [0.15, 0.2) is 0 Å². The molecule has 2 N–H and O–H groups in total. The topological polar surface area (TPSA) is 108 Å². The molecule has 0 aliphatic carbocycles. The summed E-state index contributed by atoms with van der Waals surface area (Å²) in [5.41, 5.74) is 0. The van der Waals surface area contributed by atoms with Crippen LogP contribution in [0.5, 0.6) is 0 Å². The molecule has 8 nitrogen and oxygen atoms in total. The normalized spacial score (nSPS) is 14.3. The van der Waals surface area contributed by atoms with Gasteiger partial charge >= 0.3 is 0 Å². The summed E-state index contributed by atoms with van der Waals surface area (Å²) in [6, 6.07) is -0.795. The molecule has 0 saturated heterocycles. The van der Waals surface area contributed by atoms with E-state index in [1.165, 1.54) is 186 Å². The van der Waals surface area contributed by atoms with E-state index in [0.29, 0.717) is 23.9 Å². The maximum absolute atomic E-state index is 12.8. The van der Waals surface area contributed by atoms with E-state index in [1.54, 1.807) is 0 Å². The first-order valence-electron chi connectivity index (χ1n) is 27.8.